The molecule has 2 aromatic rings. The number of nitrogens with zero attached hydrogens (tertiary/aromatic N) is 1. The van der Waals surface area contributed by atoms with Gasteiger partial charge in [0.05, 0.1) is 17.8 Å². The van der Waals surface area contributed by atoms with Gasteiger partial charge in [-0.3, -0.25) is 9.78 Å². The zero-order valence-corrected chi connectivity index (χ0v) is 12.2. The van der Waals surface area contributed by atoms with E-state index in [1.165, 1.54) is 6.07 Å². The molecule has 1 saturated carbocycles. The second-order valence-corrected chi connectivity index (χ2v) is 5.71. The molecule has 0 saturated heterocycles. The monoisotopic (exact) mass is 300 g/mol. The summed E-state index contributed by atoms with van der Waals surface area (Å²) in [5, 5.41) is 12.1. The maximum Gasteiger partial charge on any atom is 0.307 e. The van der Waals surface area contributed by atoms with E-state index in [9.17, 15) is 9.18 Å². The number of nitrogens with one attached hydrogen (secondary N) is 1. The van der Waals surface area contributed by atoms with Crippen molar-refractivity contribution in [3.63, 3.8) is 0 Å². The van der Waals surface area contributed by atoms with E-state index >= 15 is 0 Å². The molecule has 3 rings (SSSR count). The Bertz CT molecular complexity index is 700. The third-order valence-corrected chi connectivity index (χ3v) is 3.96. The number of aromatic nitrogens is 1. The average Bonchev–Trinajstić information content (AvgIpc) is 3.29. The van der Waals surface area contributed by atoms with Crippen LogP contribution < -0.4 is 5.32 Å². The van der Waals surface area contributed by atoms with Gasteiger partial charge in [-0.25, -0.2) is 4.39 Å². The summed E-state index contributed by atoms with van der Waals surface area (Å²) in [7, 11) is 0. The summed E-state index contributed by atoms with van der Waals surface area (Å²) >= 11 is 0. The van der Waals surface area contributed by atoms with Crippen molar-refractivity contribution in [3.8, 4) is 0 Å². The van der Waals surface area contributed by atoms with Gasteiger partial charge < -0.3 is 10.4 Å². The van der Waals surface area contributed by atoms with E-state index in [0.717, 1.165) is 16.9 Å². The molecule has 0 unspecified atom stereocenters. The van der Waals surface area contributed by atoms with Crippen LogP contribution in [-0.2, 0) is 11.3 Å². The number of pyridine rings is 1. The number of carboxylic acids is 1. The highest BCUT2D eigenvalue weighted by atomic mass is 19.1. The van der Waals surface area contributed by atoms with Crippen LogP contribution in [0.5, 0.6) is 0 Å². The number of benzene rings is 1. The van der Waals surface area contributed by atoms with Crippen molar-refractivity contribution in [2.75, 3.05) is 5.32 Å². The number of carbonyl (C=O) groups is 1. The zero-order valence-electron chi connectivity index (χ0n) is 12.2. The van der Waals surface area contributed by atoms with Gasteiger partial charge in [0.2, 0.25) is 0 Å². The minimum atomic E-state index is -0.760. The van der Waals surface area contributed by atoms with Crippen molar-refractivity contribution in [2.45, 2.75) is 25.8 Å². The number of anilines is 1. The maximum absolute atomic E-state index is 13.7. The van der Waals surface area contributed by atoms with E-state index in [-0.39, 0.29) is 17.7 Å². The second kappa shape index (κ2) is 5.75. The van der Waals surface area contributed by atoms with Gasteiger partial charge in [0, 0.05) is 23.7 Å². The van der Waals surface area contributed by atoms with Crippen LogP contribution in [0, 0.1) is 18.7 Å². The summed E-state index contributed by atoms with van der Waals surface area (Å²) in [5.41, 5.74) is 3.22. The van der Waals surface area contributed by atoms with Crippen LogP contribution in [0.15, 0.2) is 36.5 Å². The third-order valence-electron chi connectivity index (χ3n) is 3.96. The number of hydrogen-bond donors (Lipinski definition) is 2. The summed E-state index contributed by atoms with van der Waals surface area (Å²) in [4.78, 5) is 15.2. The molecule has 1 aromatic heterocycles. The molecular formula is C17H17FN2O2. The second-order valence-electron chi connectivity index (χ2n) is 5.71. The Kier molecular flexibility index (Phi) is 3.79. The first-order valence-corrected chi connectivity index (χ1v) is 7.22. The largest absolute Gasteiger partial charge is 0.481 e. The Morgan fingerprint density at radius 3 is 2.86 bits per heavy atom. The average molecular weight is 300 g/mol. The molecule has 114 valence electrons. The fourth-order valence-corrected chi connectivity index (χ4v) is 2.56. The van der Waals surface area contributed by atoms with Crippen LogP contribution >= 0.6 is 0 Å². The maximum atomic E-state index is 13.7. The van der Waals surface area contributed by atoms with Crippen molar-refractivity contribution >= 4 is 11.7 Å². The summed E-state index contributed by atoms with van der Waals surface area (Å²) in [6.07, 6.45) is 2.32. The summed E-state index contributed by atoms with van der Waals surface area (Å²) in [6.45, 7) is 2.31. The highest BCUT2D eigenvalue weighted by Crippen LogP contribution is 2.46. The van der Waals surface area contributed by atoms with Gasteiger partial charge in [-0.2, -0.15) is 0 Å². The molecule has 1 heterocycles. The predicted octanol–water partition coefficient (Wildman–Crippen LogP) is 3.33. The number of aryl methyl sites for hydroxylation is 1. The fourth-order valence-electron chi connectivity index (χ4n) is 2.56. The van der Waals surface area contributed by atoms with E-state index in [2.05, 4.69) is 10.3 Å². The molecule has 2 atom stereocenters. The standard InChI is InChI=1S/C17H17FN2O2/c1-10-2-4-15(18)11(6-10)8-19-12-3-5-16(20-9-12)13-7-14(13)17(21)22/h2-6,9,13-14,19H,7-8H2,1H3,(H,21,22)/t13-,14-/m1/s1. The first-order chi connectivity index (χ1) is 10.5. The van der Waals surface area contributed by atoms with Crippen LogP contribution in [0.25, 0.3) is 0 Å². The van der Waals surface area contributed by atoms with E-state index in [0.29, 0.717) is 18.5 Å². The van der Waals surface area contributed by atoms with Crippen LogP contribution in [0.2, 0.25) is 0 Å². The van der Waals surface area contributed by atoms with Gasteiger partial charge in [-0.1, -0.05) is 17.7 Å². The minimum absolute atomic E-state index is 0.0285. The van der Waals surface area contributed by atoms with Gasteiger partial charge in [0.15, 0.2) is 0 Å². The van der Waals surface area contributed by atoms with E-state index < -0.39 is 5.97 Å². The fraction of sp³-hybridized carbons (Fsp3) is 0.294. The van der Waals surface area contributed by atoms with Gasteiger partial charge in [-0.05, 0) is 31.5 Å². The quantitative estimate of drug-likeness (QED) is 0.889. The van der Waals surface area contributed by atoms with Crippen LogP contribution in [-0.4, -0.2) is 16.1 Å². The van der Waals surface area contributed by atoms with Crippen molar-refractivity contribution in [2.24, 2.45) is 5.92 Å². The topological polar surface area (TPSA) is 62.2 Å². The normalized spacial score (nSPS) is 19.7. The first-order valence-electron chi connectivity index (χ1n) is 7.22. The SMILES string of the molecule is Cc1ccc(F)c(CNc2ccc([C@@H]3C[C@H]3C(=O)O)nc2)c1. The van der Waals surface area contributed by atoms with Crippen molar-refractivity contribution in [1.82, 2.24) is 4.98 Å². The van der Waals surface area contributed by atoms with Crippen molar-refractivity contribution < 1.29 is 14.3 Å². The van der Waals surface area contributed by atoms with Gasteiger partial charge in [0.25, 0.3) is 0 Å². The van der Waals surface area contributed by atoms with E-state index in [1.54, 1.807) is 12.3 Å². The molecule has 2 N–H and O–H groups in total. The summed E-state index contributed by atoms with van der Waals surface area (Å²) < 4.78 is 13.7. The summed E-state index contributed by atoms with van der Waals surface area (Å²) in [6, 6.07) is 8.71. The molecule has 5 heteroatoms. The van der Waals surface area contributed by atoms with Crippen molar-refractivity contribution in [1.29, 1.82) is 0 Å². The molecule has 22 heavy (non-hydrogen) atoms. The van der Waals surface area contributed by atoms with Gasteiger partial charge in [-0.15, -0.1) is 0 Å². The van der Waals surface area contributed by atoms with E-state index in [4.69, 9.17) is 5.11 Å². The van der Waals surface area contributed by atoms with Gasteiger partial charge >= 0.3 is 5.97 Å². The van der Waals surface area contributed by atoms with Crippen LogP contribution in [0.1, 0.15) is 29.2 Å². The molecule has 1 aliphatic carbocycles. The predicted molar refractivity (Wildman–Crippen MR) is 81.2 cm³/mol. The molecule has 0 aliphatic heterocycles. The molecule has 1 aliphatic rings. The molecule has 1 aromatic carbocycles. The molecule has 4 nitrogen and oxygen atoms in total. The lowest BCUT2D eigenvalue weighted by Gasteiger charge is -2.08. The lowest BCUT2D eigenvalue weighted by atomic mass is 10.1. The van der Waals surface area contributed by atoms with E-state index in [1.807, 2.05) is 25.1 Å². The Morgan fingerprint density at radius 1 is 1.41 bits per heavy atom. The Hall–Kier alpha value is -2.43. The highest BCUT2D eigenvalue weighted by molar-refractivity contribution is 5.75. The molecule has 0 spiro atoms. The minimum Gasteiger partial charge on any atom is -0.481 e. The zero-order chi connectivity index (χ0) is 15.7. The first kappa shape index (κ1) is 14.5. The van der Waals surface area contributed by atoms with Crippen LogP contribution in [0.3, 0.4) is 0 Å². The lowest BCUT2D eigenvalue weighted by Crippen LogP contribution is -2.03. The molecule has 0 radical (unpaired) electrons. The Balaban J connectivity index is 1.62. The number of halogens is 1. The van der Waals surface area contributed by atoms with Gasteiger partial charge in [0.1, 0.15) is 5.82 Å². The Labute approximate surface area is 128 Å². The molecule has 0 bridgehead atoms. The molecule has 0 amide bonds. The molecular weight excluding hydrogens is 283 g/mol. The number of rotatable bonds is 5. The van der Waals surface area contributed by atoms with Crippen molar-refractivity contribution in [3.05, 3.63) is 59.2 Å². The molecule has 1 fully saturated rings. The third kappa shape index (κ3) is 3.08. The smallest absolute Gasteiger partial charge is 0.307 e. The number of carboxylic acid groups (broad SMARTS) is 1. The highest BCUT2D eigenvalue weighted by Gasteiger charge is 2.45. The Morgan fingerprint density at radius 2 is 2.23 bits per heavy atom. The number of aliphatic carboxylic acids is 1. The van der Waals surface area contributed by atoms with Crippen LogP contribution in [0.4, 0.5) is 10.1 Å². The number of hydrogen-bond acceptors (Lipinski definition) is 3. The summed E-state index contributed by atoms with van der Waals surface area (Å²) in [5.74, 6) is -1.26. The lowest BCUT2D eigenvalue weighted by molar-refractivity contribution is -0.138.